The molecule has 0 bridgehead atoms. The Labute approximate surface area is 90.6 Å². The predicted octanol–water partition coefficient (Wildman–Crippen LogP) is 1.51. The number of rotatable bonds is 2. The van der Waals surface area contributed by atoms with Crippen molar-refractivity contribution in [2.24, 2.45) is 5.10 Å². The Kier molecular flexibility index (Phi) is 3.55. The van der Waals surface area contributed by atoms with Gasteiger partial charge in [-0.3, -0.25) is 5.43 Å². The third kappa shape index (κ3) is 2.31. The van der Waals surface area contributed by atoms with Gasteiger partial charge in [-0.15, -0.1) is 0 Å². The zero-order valence-corrected chi connectivity index (χ0v) is 7.90. The van der Waals surface area contributed by atoms with E-state index in [1.54, 1.807) is 6.07 Å². The number of nitrogens with zero attached hydrogens (tertiary/aromatic N) is 4. The molecule has 0 fully saturated rings. The molecule has 16 heavy (non-hydrogen) atoms. The Morgan fingerprint density at radius 1 is 1.25 bits per heavy atom. The van der Waals surface area contributed by atoms with Crippen molar-refractivity contribution in [3.05, 3.63) is 29.6 Å². The highest BCUT2D eigenvalue weighted by Crippen LogP contribution is 2.17. The molecule has 76 valence electrons. The van der Waals surface area contributed by atoms with Gasteiger partial charge in [-0.05, 0) is 12.1 Å². The Bertz CT molecular complexity index is 540. The summed E-state index contributed by atoms with van der Waals surface area (Å²) in [7, 11) is 0. The smallest absolute Gasteiger partial charge is 0.237 e. The average molecular weight is 213 g/mol. The van der Waals surface area contributed by atoms with Crippen LogP contribution in [0.5, 0.6) is 0 Å². The molecule has 0 aromatic heterocycles. The Morgan fingerprint density at radius 2 is 1.94 bits per heavy atom. The van der Waals surface area contributed by atoms with Gasteiger partial charge in [-0.1, -0.05) is 6.07 Å². The summed E-state index contributed by atoms with van der Waals surface area (Å²) >= 11 is 0. The van der Waals surface area contributed by atoms with Gasteiger partial charge >= 0.3 is 0 Å². The number of nitrogens with one attached hydrogen (secondary N) is 1. The van der Waals surface area contributed by atoms with Crippen LogP contribution >= 0.6 is 0 Å². The van der Waals surface area contributed by atoms with Gasteiger partial charge < -0.3 is 0 Å². The Hall–Kier alpha value is -2.91. The lowest BCUT2D eigenvalue weighted by Gasteiger charge is -2.02. The molecule has 1 rings (SSSR count). The number of hydrogen-bond acceptors (Lipinski definition) is 5. The molecular formula is C10H4FN5. The van der Waals surface area contributed by atoms with Crippen LogP contribution in [0.25, 0.3) is 0 Å². The highest BCUT2D eigenvalue weighted by Gasteiger charge is 2.06. The van der Waals surface area contributed by atoms with E-state index >= 15 is 0 Å². The third-order valence-electron chi connectivity index (χ3n) is 1.63. The molecule has 0 aliphatic rings. The molecule has 5 nitrogen and oxygen atoms in total. The molecule has 0 amide bonds. The largest absolute Gasteiger partial charge is 0.275 e. The van der Waals surface area contributed by atoms with Gasteiger partial charge in [-0.2, -0.15) is 20.9 Å². The minimum Gasteiger partial charge on any atom is -0.275 e. The van der Waals surface area contributed by atoms with E-state index < -0.39 is 11.5 Å². The van der Waals surface area contributed by atoms with E-state index in [-0.39, 0.29) is 11.3 Å². The summed E-state index contributed by atoms with van der Waals surface area (Å²) in [6.07, 6.45) is 0. The van der Waals surface area contributed by atoms with Crippen molar-refractivity contribution in [1.82, 2.24) is 0 Å². The third-order valence-corrected chi connectivity index (χ3v) is 1.63. The zero-order chi connectivity index (χ0) is 12.0. The summed E-state index contributed by atoms with van der Waals surface area (Å²) < 4.78 is 13.1. The van der Waals surface area contributed by atoms with E-state index in [1.165, 1.54) is 24.3 Å². The molecular weight excluding hydrogens is 209 g/mol. The van der Waals surface area contributed by atoms with Gasteiger partial charge in [0.25, 0.3) is 0 Å². The number of hydrazone groups is 1. The lowest BCUT2D eigenvalue weighted by Crippen LogP contribution is -1.99. The van der Waals surface area contributed by atoms with Crippen LogP contribution in [0.15, 0.2) is 23.3 Å². The Balaban J connectivity index is 3.06. The van der Waals surface area contributed by atoms with Crippen LogP contribution in [0.3, 0.4) is 0 Å². The molecule has 0 atom stereocenters. The first-order chi connectivity index (χ1) is 7.72. The van der Waals surface area contributed by atoms with Gasteiger partial charge in [0.05, 0.1) is 5.69 Å². The maximum Gasteiger partial charge on any atom is 0.237 e. The molecule has 1 aromatic rings. The number of nitriles is 3. The summed E-state index contributed by atoms with van der Waals surface area (Å²) in [6.45, 7) is 0. The second kappa shape index (κ2) is 5.09. The molecule has 1 aromatic carbocycles. The van der Waals surface area contributed by atoms with Gasteiger partial charge in [0.15, 0.2) is 0 Å². The molecule has 0 unspecified atom stereocenters. The summed E-state index contributed by atoms with van der Waals surface area (Å²) in [5, 5.41) is 28.9. The van der Waals surface area contributed by atoms with Crippen LogP contribution in [-0.4, -0.2) is 5.71 Å². The van der Waals surface area contributed by atoms with E-state index in [0.29, 0.717) is 0 Å². The fourth-order valence-corrected chi connectivity index (χ4v) is 0.922. The molecule has 0 aliphatic carbocycles. The maximum absolute atomic E-state index is 13.1. The highest BCUT2D eigenvalue weighted by molar-refractivity contribution is 6.10. The van der Waals surface area contributed by atoms with Crippen LogP contribution in [0, 0.1) is 39.8 Å². The zero-order valence-electron chi connectivity index (χ0n) is 7.90. The number of anilines is 1. The minimum absolute atomic E-state index is 0.102. The van der Waals surface area contributed by atoms with Gasteiger partial charge in [0.1, 0.15) is 29.6 Å². The molecule has 1 N–H and O–H groups in total. The fourth-order valence-electron chi connectivity index (χ4n) is 0.922. The maximum atomic E-state index is 13.1. The van der Waals surface area contributed by atoms with E-state index in [1.807, 2.05) is 0 Å². The molecule has 0 spiro atoms. The molecule has 0 saturated carbocycles. The predicted molar refractivity (Wildman–Crippen MR) is 53.4 cm³/mol. The first-order valence-electron chi connectivity index (χ1n) is 4.05. The topological polar surface area (TPSA) is 95.8 Å². The van der Waals surface area contributed by atoms with E-state index in [4.69, 9.17) is 15.8 Å². The van der Waals surface area contributed by atoms with Crippen LogP contribution in [0.2, 0.25) is 0 Å². The molecule has 0 saturated heterocycles. The summed E-state index contributed by atoms with van der Waals surface area (Å²) in [5.74, 6) is -0.696. The normalized spacial score (nSPS) is 8.12. The highest BCUT2D eigenvalue weighted by atomic mass is 19.1. The van der Waals surface area contributed by atoms with Gasteiger partial charge in [-0.25, -0.2) is 4.39 Å². The first-order valence-corrected chi connectivity index (χ1v) is 4.05. The molecule has 0 radical (unpaired) electrons. The number of benzene rings is 1. The first kappa shape index (κ1) is 11.2. The lowest BCUT2D eigenvalue weighted by molar-refractivity contribution is 0.624. The van der Waals surface area contributed by atoms with E-state index in [2.05, 4.69) is 10.5 Å². The van der Waals surface area contributed by atoms with Crippen LogP contribution in [-0.2, 0) is 0 Å². The molecule has 0 heterocycles. The van der Waals surface area contributed by atoms with Crippen molar-refractivity contribution in [3.63, 3.8) is 0 Å². The lowest BCUT2D eigenvalue weighted by atomic mass is 10.2. The van der Waals surface area contributed by atoms with Crippen molar-refractivity contribution in [2.75, 3.05) is 5.43 Å². The van der Waals surface area contributed by atoms with E-state index in [9.17, 15) is 4.39 Å². The minimum atomic E-state index is -0.696. The van der Waals surface area contributed by atoms with E-state index in [0.717, 1.165) is 6.07 Å². The van der Waals surface area contributed by atoms with Crippen molar-refractivity contribution in [3.8, 4) is 18.2 Å². The summed E-state index contributed by atoms with van der Waals surface area (Å²) in [5.41, 5.74) is 1.76. The quantitative estimate of drug-likeness (QED) is 0.594. The van der Waals surface area contributed by atoms with Crippen molar-refractivity contribution < 1.29 is 4.39 Å². The monoisotopic (exact) mass is 213 g/mol. The SMILES string of the molecule is N#CC(C#N)=NNc1cccc(F)c1C#N. The average Bonchev–Trinajstić information content (AvgIpc) is 2.30. The van der Waals surface area contributed by atoms with Crippen molar-refractivity contribution in [2.45, 2.75) is 0 Å². The fraction of sp³-hybridized carbons (Fsp3) is 0. The summed E-state index contributed by atoms with van der Waals surface area (Å²) in [4.78, 5) is 0. The molecule has 0 aliphatic heterocycles. The van der Waals surface area contributed by atoms with Crippen LogP contribution in [0.1, 0.15) is 5.56 Å². The van der Waals surface area contributed by atoms with Crippen LogP contribution in [0.4, 0.5) is 10.1 Å². The Morgan fingerprint density at radius 3 is 2.50 bits per heavy atom. The van der Waals surface area contributed by atoms with Crippen molar-refractivity contribution >= 4 is 11.4 Å². The number of halogens is 1. The second-order valence-corrected chi connectivity index (χ2v) is 2.57. The van der Waals surface area contributed by atoms with Crippen LogP contribution < -0.4 is 5.43 Å². The van der Waals surface area contributed by atoms with Crippen molar-refractivity contribution in [1.29, 1.82) is 15.8 Å². The number of hydrogen-bond donors (Lipinski definition) is 1. The summed E-state index contributed by atoms with van der Waals surface area (Å²) in [6, 6.07) is 8.62. The second-order valence-electron chi connectivity index (χ2n) is 2.57. The molecule has 6 heteroatoms. The van der Waals surface area contributed by atoms with Gasteiger partial charge in [0.2, 0.25) is 5.71 Å². The van der Waals surface area contributed by atoms with Gasteiger partial charge in [0, 0.05) is 0 Å². The standard InChI is InChI=1S/C10H4FN5/c11-9-2-1-3-10(8(9)6-14)16-15-7(4-12)5-13/h1-3,16H.